The lowest BCUT2D eigenvalue weighted by atomic mass is 10.3. The number of benzene rings is 1. The molecule has 0 aliphatic heterocycles. The van der Waals surface area contributed by atoms with E-state index in [4.69, 9.17) is 4.74 Å². The molecule has 1 aromatic heterocycles. The van der Waals surface area contributed by atoms with Crippen molar-refractivity contribution >= 4 is 21.5 Å². The Hall–Kier alpha value is -2.28. The highest BCUT2D eigenvalue weighted by molar-refractivity contribution is 7.92. The van der Waals surface area contributed by atoms with Crippen LogP contribution in [0.25, 0.3) is 0 Å². The molecule has 21 heavy (non-hydrogen) atoms. The molecule has 0 atom stereocenters. The van der Waals surface area contributed by atoms with Crippen molar-refractivity contribution in [3.8, 4) is 5.75 Å². The molecule has 0 unspecified atom stereocenters. The van der Waals surface area contributed by atoms with Crippen molar-refractivity contribution in [2.75, 3.05) is 23.7 Å². The van der Waals surface area contributed by atoms with E-state index in [9.17, 15) is 8.42 Å². The minimum atomic E-state index is -3.68. The number of pyridine rings is 1. The largest absolute Gasteiger partial charge is 0.497 e. The zero-order valence-electron chi connectivity index (χ0n) is 11.8. The second kappa shape index (κ2) is 6.45. The van der Waals surface area contributed by atoms with Crippen molar-refractivity contribution < 1.29 is 13.2 Å². The van der Waals surface area contributed by atoms with E-state index in [-0.39, 0.29) is 4.90 Å². The number of rotatable bonds is 6. The quantitative estimate of drug-likeness (QED) is 0.854. The Labute approximate surface area is 124 Å². The van der Waals surface area contributed by atoms with Crippen LogP contribution in [0.15, 0.2) is 41.4 Å². The van der Waals surface area contributed by atoms with E-state index in [0.29, 0.717) is 23.8 Å². The van der Waals surface area contributed by atoms with Crippen LogP contribution >= 0.6 is 0 Å². The Balaban J connectivity index is 2.28. The smallest absolute Gasteiger partial charge is 0.262 e. The number of sulfonamides is 1. The number of anilines is 2. The summed E-state index contributed by atoms with van der Waals surface area (Å²) in [5, 5.41) is 2.99. The number of hydrogen-bond donors (Lipinski definition) is 2. The molecule has 0 fully saturated rings. The lowest BCUT2D eigenvalue weighted by molar-refractivity contribution is 0.414. The zero-order chi connectivity index (χ0) is 15.3. The molecular formula is C14H16N3O3S. The van der Waals surface area contributed by atoms with Crippen LogP contribution in [-0.4, -0.2) is 27.1 Å². The van der Waals surface area contributed by atoms with Gasteiger partial charge in [0.25, 0.3) is 10.0 Å². The highest BCUT2D eigenvalue weighted by Gasteiger charge is 2.16. The first kappa shape index (κ1) is 15.1. The molecule has 0 aliphatic rings. The molecule has 7 heteroatoms. The van der Waals surface area contributed by atoms with Gasteiger partial charge in [-0.2, -0.15) is 0 Å². The van der Waals surface area contributed by atoms with Gasteiger partial charge in [-0.3, -0.25) is 4.72 Å². The topological polar surface area (TPSA) is 80.3 Å². The van der Waals surface area contributed by atoms with Crippen molar-refractivity contribution in [2.45, 2.75) is 11.8 Å². The molecule has 2 N–H and O–H groups in total. The monoisotopic (exact) mass is 306 g/mol. The highest BCUT2D eigenvalue weighted by atomic mass is 32.2. The molecule has 0 aliphatic carbocycles. The van der Waals surface area contributed by atoms with Gasteiger partial charge in [0.05, 0.1) is 17.7 Å². The van der Waals surface area contributed by atoms with Crippen LogP contribution in [-0.2, 0) is 10.0 Å². The van der Waals surface area contributed by atoms with Crippen LogP contribution in [0, 0.1) is 6.07 Å². The van der Waals surface area contributed by atoms with Gasteiger partial charge in [0, 0.05) is 18.8 Å². The zero-order valence-corrected chi connectivity index (χ0v) is 12.6. The minimum Gasteiger partial charge on any atom is -0.497 e. The number of aromatic nitrogens is 1. The van der Waals surface area contributed by atoms with Crippen molar-refractivity contribution in [1.82, 2.24) is 4.98 Å². The van der Waals surface area contributed by atoms with E-state index in [1.54, 1.807) is 12.1 Å². The lowest BCUT2D eigenvalue weighted by Crippen LogP contribution is -2.15. The van der Waals surface area contributed by atoms with E-state index < -0.39 is 10.0 Å². The molecule has 6 nitrogen and oxygen atoms in total. The summed E-state index contributed by atoms with van der Waals surface area (Å²) in [5.74, 6) is 1.06. The van der Waals surface area contributed by atoms with Gasteiger partial charge in [-0.25, -0.2) is 13.4 Å². The maximum Gasteiger partial charge on any atom is 0.262 e. The van der Waals surface area contributed by atoms with E-state index in [1.807, 2.05) is 6.92 Å². The summed E-state index contributed by atoms with van der Waals surface area (Å²) in [6, 6.07) is 10.4. The highest BCUT2D eigenvalue weighted by Crippen LogP contribution is 2.23. The van der Waals surface area contributed by atoms with E-state index in [2.05, 4.69) is 21.1 Å². The Morgan fingerprint density at radius 3 is 2.62 bits per heavy atom. The Morgan fingerprint density at radius 1 is 1.29 bits per heavy atom. The third-order valence-corrected chi connectivity index (χ3v) is 4.09. The van der Waals surface area contributed by atoms with Crippen molar-refractivity contribution in [3.05, 3.63) is 42.6 Å². The maximum atomic E-state index is 12.3. The molecule has 1 radical (unpaired) electrons. The molecule has 0 amide bonds. The summed E-state index contributed by atoms with van der Waals surface area (Å²) in [6.45, 7) is 2.54. The molecular weight excluding hydrogens is 290 g/mol. The lowest BCUT2D eigenvalue weighted by Gasteiger charge is -2.12. The van der Waals surface area contributed by atoms with Gasteiger partial charge in [-0.1, -0.05) is 0 Å². The standard InChI is InChI=1S/C14H16N3O3S/c1-3-15-14-13(5-4-10-16-14)17-21(18,19)12-8-6-11(20-2)7-9-12/h5-10,17H,3H2,1-2H3,(H,15,16). The fourth-order valence-electron chi connectivity index (χ4n) is 1.70. The number of methoxy groups -OCH3 is 1. The Bertz CT molecular complexity index is 700. The predicted molar refractivity (Wildman–Crippen MR) is 81.0 cm³/mol. The second-order valence-corrected chi connectivity index (χ2v) is 5.83. The molecule has 2 aromatic rings. The predicted octanol–water partition coefficient (Wildman–Crippen LogP) is 2.12. The van der Waals surface area contributed by atoms with Crippen LogP contribution in [0.2, 0.25) is 0 Å². The van der Waals surface area contributed by atoms with E-state index >= 15 is 0 Å². The minimum absolute atomic E-state index is 0.148. The molecule has 2 rings (SSSR count). The Morgan fingerprint density at radius 2 is 2.00 bits per heavy atom. The van der Waals surface area contributed by atoms with E-state index in [1.165, 1.54) is 31.5 Å². The normalized spacial score (nSPS) is 11.0. The van der Waals surface area contributed by atoms with Gasteiger partial charge >= 0.3 is 0 Å². The summed E-state index contributed by atoms with van der Waals surface area (Å²) in [6.07, 6.45) is 1.48. The first-order chi connectivity index (χ1) is 10.1. The summed E-state index contributed by atoms with van der Waals surface area (Å²) in [7, 11) is -2.16. The molecule has 1 heterocycles. The Kier molecular flexibility index (Phi) is 4.64. The number of nitrogens with zero attached hydrogens (tertiary/aromatic N) is 1. The fourth-order valence-corrected chi connectivity index (χ4v) is 2.76. The molecule has 1 aromatic carbocycles. The van der Waals surface area contributed by atoms with Crippen LogP contribution in [0.1, 0.15) is 6.92 Å². The summed E-state index contributed by atoms with van der Waals surface area (Å²) in [5.41, 5.74) is 0.357. The summed E-state index contributed by atoms with van der Waals surface area (Å²) < 4.78 is 32.2. The van der Waals surface area contributed by atoms with Crippen LogP contribution in [0.5, 0.6) is 5.75 Å². The van der Waals surface area contributed by atoms with Gasteiger partial charge in [0.15, 0.2) is 0 Å². The molecule has 0 spiro atoms. The molecule has 0 saturated carbocycles. The third-order valence-electron chi connectivity index (χ3n) is 2.71. The maximum absolute atomic E-state index is 12.3. The third kappa shape index (κ3) is 3.63. The van der Waals surface area contributed by atoms with Crippen molar-refractivity contribution in [3.63, 3.8) is 0 Å². The molecule has 0 saturated heterocycles. The van der Waals surface area contributed by atoms with Gasteiger partial charge < -0.3 is 10.1 Å². The number of nitrogens with one attached hydrogen (secondary N) is 2. The van der Waals surface area contributed by atoms with E-state index in [0.717, 1.165) is 0 Å². The van der Waals surface area contributed by atoms with Gasteiger partial charge in [0.2, 0.25) is 0 Å². The number of hydrogen-bond acceptors (Lipinski definition) is 5. The van der Waals surface area contributed by atoms with Gasteiger partial charge in [-0.05, 0) is 37.3 Å². The second-order valence-electron chi connectivity index (χ2n) is 4.14. The average molecular weight is 306 g/mol. The summed E-state index contributed by atoms with van der Waals surface area (Å²) >= 11 is 0. The van der Waals surface area contributed by atoms with Crippen LogP contribution < -0.4 is 14.8 Å². The molecule has 0 bridgehead atoms. The van der Waals surface area contributed by atoms with Gasteiger partial charge in [0.1, 0.15) is 11.6 Å². The SMILES string of the molecule is CCNc1nc[c]cc1NS(=O)(=O)c1ccc(OC)cc1. The fraction of sp³-hybridized carbons (Fsp3) is 0.214. The van der Waals surface area contributed by atoms with Gasteiger partial charge in [-0.15, -0.1) is 0 Å². The summed E-state index contributed by atoms with van der Waals surface area (Å²) in [4.78, 5) is 4.21. The first-order valence-electron chi connectivity index (χ1n) is 6.33. The van der Waals surface area contributed by atoms with Crippen molar-refractivity contribution in [2.24, 2.45) is 0 Å². The average Bonchev–Trinajstić information content (AvgIpc) is 2.49. The van der Waals surface area contributed by atoms with Crippen molar-refractivity contribution in [1.29, 1.82) is 0 Å². The first-order valence-corrected chi connectivity index (χ1v) is 7.82. The number of ether oxygens (including phenoxy) is 1. The van der Waals surface area contributed by atoms with Crippen LogP contribution in [0.3, 0.4) is 0 Å². The molecule has 111 valence electrons. The van der Waals surface area contributed by atoms with Crippen LogP contribution in [0.4, 0.5) is 11.5 Å².